The molecule has 2 aliphatic carbocycles. The molecular formula is C25H29NO5. The Hall–Kier alpha value is -2.86. The van der Waals surface area contributed by atoms with Crippen molar-refractivity contribution < 1.29 is 24.2 Å². The number of nitrogens with one attached hydrogen (secondary N) is 1. The fraction of sp³-hybridized carbons (Fsp3) is 0.440. The smallest absolute Gasteiger partial charge is 0.408 e. The topological polar surface area (TPSA) is 84.9 Å². The van der Waals surface area contributed by atoms with E-state index in [1.807, 2.05) is 57.2 Å². The normalized spacial score (nSPS) is 22.6. The number of rotatable bonds is 5. The summed E-state index contributed by atoms with van der Waals surface area (Å²) in [5.74, 6) is -1.17. The number of alkyl carbamates (subject to hydrolysis) is 1. The first kappa shape index (κ1) is 21.4. The van der Waals surface area contributed by atoms with E-state index in [2.05, 4.69) is 17.4 Å². The summed E-state index contributed by atoms with van der Waals surface area (Å²) < 4.78 is 11.6. The molecule has 2 unspecified atom stereocenters. The van der Waals surface area contributed by atoms with Gasteiger partial charge < -0.3 is 19.9 Å². The highest BCUT2D eigenvalue weighted by Crippen LogP contribution is 2.44. The summed E-state index contributed by atoms with van der Waals surface area (Å²) in [4.78, 5) is 24.9. The number of ether oxygens (including phenoxy) is 2. The Balaban J connectivity index is 1.49. The molecule has 2 aromatic carbocycles. The van der Waals surface area contributed by atoms with Crippen molar-refractivity contribution in [2.45, 2.75) is 63.2 Å². The lowest BCUT2D eigenvalue weighted by molar-refractivity contribution is -0.156. The standard InChI is InChI=1S/C25H29NO5/c1-24(2,3)31-21-13-8-14-25(21,22(27)28)26-23(29)30-15-20-18-11-6-4-9-16(18)17-10-5-7-12-19(17)20/h4-7,9-12,20-21H,8,13-15H2,1-3H3,(H,26,29)(H,27,28). The van der Waals surface area contributed by atoms with Gasteiger partial charge in [0.05, 0.1) is 11.7 Å². The fourth-order valence-electron chi connectivity index (χ4n) is 4.82. The van der Waals surface area contributed by atoms with Crippen molar-refractivity contribution in [3.8, 4) is 11.1 Å². The Bertz CT molecular complexity index is 950. The van der Waals surface area contributed by atoms with Crippen LogP contribution in [-0.4, -0.2) is 41.0 Å². The number of carbonyl (C=O) groups is 2. The maximum absolute atomic E-state index is 12.7. The summed E-state index contributed by atoms with van der Waals surface area (Å²) in [6.07, 6.45) is 0.219. The molecule has 0 saturated heterocycles. The highest BCUT2D eigenvalue weighted by Gasteiger charge is 2.53. The average Bonchev–Trinajstić information content (AvgIpc) is 3.25. The van der Waals surface area contributed by atoms with Crippen LogP contribution in [0.1, 0.15) is 57.1 Å². The second-order valence-corrected chi connectivity index (χ2v) is 9.34. The molecule has 0 aliphatic heterocycles. The zero-order valence-corrected chi connectivity index (χ0v) is 18.2. The van der Waals surface area contributed by atoms with Gasteiger partial charge in [-0.05, 0) is 62.3 Å². The molecule has 6 heteroatoms. The van der Waals surface area contributed by atoms with Gasteiger partial charge in [0.15, 0.2) is 5.54 Å². The van der Waals surface area contributed by atoms with Gasteiger partial charge in [-0.3, -0.25) is 0 Å². The zero-order chi connectivity index (χ0) is 22.2. The van der Waals surface area contributed by atoms with Crippen molar-refractivity contribution in [2.75, 3.05) is 6.61 Å². The second-order valence-electron chi connectivity index (χ2n) is 9.34. The van der Waals surface area contributed by atoms with Gasteiger partial charge in [-0.15, -0.1) is 0 Å². The minimum Gasteiger partial charge on any atom is -0.479 e. The van der Waals surface area contributed by atoms with Crippen LogP contribution in [0.4, 0.5) is 4.79 Å². The van der Waals surface area contributed by atoms with Crippen molar-refractivity contribution in [2.24, 2.45) is 0 Å². The zero-order valence-electron chi connectivity index (χ0n) is 18.2. The molecule has 2 aromatic rings. The van der Waals surface area contributed by atoms with Gasteiger partial charge in [0.2, 0.25) is 0 Å². The van der Waals surface area contributed by atoms with E-state index in [4.69, 9.17) is 9.47 Å². The van der Waals surface area contributed by atoms with Crippen molar-refractivity contribution in [3.63, 3.8) is 0 Å². The fourth-order valence-corrected chi connectivity index (χ4v) is 4.82. The molecule has 0 radical (unpaired) electrons. The maximum Gasteiger partial charge on any atom is 0.408 e. The van der Waals surface area contributed by atoms with E-state index in [9.17, 15) is 14.7 Å². The van der Waals surface area contributed by atoms with E-state index in [-0.39, 0.29) is 12.5 Å². The van der Waals surface area contributed by atoms with E-state index < -0.39 is 29.3 Å². The van der Waals surface area contributed by atoms with Crippen LogP contribution in [0.5, 0.6) is 0 Å². The second kappa shape index (κ2) is 8.00. The first-order valence-corrected chi connectivity index (χ1v) is 10.8. The van der Waals surface area contributed by atoms with Crippen LogP contribution >= 0.6 is 0 Å². The van der Waals surface area contributed by atoms with E-state index in [0.29, 0.717) is 19.3 Å². The molecule has 0 heterocycles. The average molecular weight is 424 g/mol. The molecule has 0 spiro atoms. The van der Waals surface area contributed by atoms with Gasteiger partial charge >= 0.3 is 12.1 Å². The van der Waals surface area contributed by atoms with Gasteiger partial charge in [0.1, 0.15) is 6.61 Å². The van der Waals surface area contributed by atoms with E-state index in [1.54, 1.807) is 0 Å². The van der Waals surface area contributed by atoms with E-state index in [1.165, 1.54) is 0 Å². The maximum atomic E-state index is 12.7. The lowest BCUT2D eigenvalue weighted by Crippen LogP contribution is -2.61. The molecule has 164 valence electrons. The monoisotopic (exact) mass is 423 g/mol. The Morgan fingerprint density at radius 2 is 1.65 bits per heavy atom. The summed E-state index contributed by atoms with van der Waals surface area (Å²) in [5, 5.41) is 12.6. The summed E-state index contributed by atoms with van der Waals surface area (Å²) in [5.41, 5.74) is 2.51. The number of hydrogen-bond donors (Lipinski definition) is 2. The Morgan fingerprint density at radius 3 is 2.19 bits per heavy atom. The van der Waals surface area contributed by atoms with Crippen LogP contribution in [0, 0.1) is 0 Å². The van der Waals surface area contributed by atoms with Crippen LogP contribution in [0.25, 0.3) is 11.1 Å². The molecule has 6 nitrogen and oxygen atoms in total. The molecule has 1 amide bonds. The van der Waals surface area contributed by atoms with Crippen LogP contribution in [0.2, 0.25) is 0 Å². The molecule has 2 atom stereocenters. The van der Waals surface area contributed by atoms with Gasteiger partial charge in [-0.25, -0.2) is 9.59 Å². The Kier molecular flexibility index (Phi) is 5.52. The lowest BCUT2D eigenvalue weighted by atomic mass is 9.94. The van der Waals surface area contributed by atoms with Crippen molar-refractivity contribution in [1.29, 1.82) is 0 Å². The largest absolute Gasteiger partial charge is 0.479 e. The van der Waals surface area contributed by atoms with Crippen LogP contribution < -0.4 is 5.32 Å². The SMILES string of the molecule is CC(C)(C)OC1CCCC1(NC(=O)OCC1c2ccccc2-c2ccccc21)C(=O)O. The number of fused-ring (bicyclic) bond motifs is 3. The van der Waals surface area contributed by atoms with E-state index >= 15 is 0 Å². The predicted octanol–water partition coefficient (Wildman–Crippen LogP) is 4.72. The van der Waals surface area contributed by atoms with Crippen LogP contribution in [0.15, 0.2) is 48.5 Å². The molecule has 31 heavy (non-hydrogen) atoms. The first-order chi connectivity index (χ1) is 14.7. The third-order valence-electron chi connectivity index (χ3n) is 6.13. The molecule has 1 fully saturated rings. The molecule has 2 aliphatic rings. The number of aliphatic carboxylic acids is 1. The summed E-state index contributed by atoms with van der Waals surface area (Å²) in [6, 6.07) is 16.2. The number of amides is 1. The van der Waals surface area contributed by atoms with Gasteiger partial charge in [-0.1, -0.05) is 48.5 Å². The number of hydrogen-bond acceptors (Lipinski definition) is 4. The van der Waals surface area contributed by atoms with E-state index in [0.717, 1.165) is 22.3 Å². The van der Waals surface area contributed by atoms with Crippen LogP contribution in [0.3, 0.4) is 0 Å². The lowest BCUT2D eigenvalue weighted by Gasteiger charge is -2.36. The summed E-state index contributed by atoms with van der Waals surface area (Å²) in [7, 11) is 0. The highest BCUT2D eigenvalue weighted by atomic mass is 16.6. The molecule has 4 rings (SSSR count). The van der Waals surface area contributed by atoms with Crippen LogP contribution in [-0.2, 0) is 14.3 Å². The minimum absolute atomic E-state index is 0.0795. The third kappa shape index (κ3) is 4.04. The Labute approximate surface area is 182 Å². The summed E-state index contributed by atoms with van der Waals surface area (Å²) >= 11 is 0. The Morgan fingerprint density at radius 1 is 1.06 bits per heavy atom. The van der Waals surface area contributed by atoms with Crippen molar-refractivity contribution in [1.82, 2.24) is 5.32 Å². The molecule has 2 N–H and O–H groups in total. The number of carbonyl (C=O) groups excluding carboxylic acids is 1. The summed E-state index contributed by atoms with van der Waals surface area (Å²) in [6.45, 7) is 5.78. The molecule has 1 saturated carbocycles. The predicted molar refractivity (Wildman–Crippen MR) is 117 cm³/mol. The third-order valence-corrected chi connectivity index (χ3v) is 6.13. The van der Waals surface area contributed by atoms with Gasteiger partial charge in [-0.2, -0.15) is 0 Å². The first-order valence-electron chi connectivity index (χ1n) is 10.8. The van der Waals surface area contributed by atoms with Crippen molar-refractivity contribution in [3.05, 3.63) is 59.7 Å². The quantitative estimate of drug-likeness (QED) is 0.727. The van der Waals surface area contributed by atoms with Gasteiger partial charge in [0.25, 0.3) is 0 Å². The molecular weight excluding hydrogens is 394 g/mol. The number of benzene rings is 2. The highest BCUT2D eigenvalue weighted by molar-refractivity contribution is 5.86. The van der Waals surface area contributed by atoms with Crippen molar-refractivity contribution >= 4 is 12.1 Å². The number of carboxylic acid groups (broad SMARTS) is 1. The molecule has 0 aromatic heterocycles. The number of carboxylic acids is 1. The molecule has 0 bridgehead atoms. The minimum atomic E-state index is -1.48. The van der Waals surface area contributed by atoms with Gasteiger partial charge in [0, 0.05) is 5.92 Å².